The molecule has 1 aromatic heterocycles. The molecule has 3 N–H and O–H groups in total. The predicted octanol–water partition coefficient (Wildman–Crippen LogP) is 1.11. The van der Waals surface area contributed by atoms with Crippen LogP contribution in [0, 0.1) is 0 Å². The maximum Gasteiger partial charge on any atom is 0.270 e. The zero-order valence-electron chi connectivity index (χ0n) is 15.6. The predicted molar refractivity (Wildman–Crippen MR) is 101 cm³/mol. The molecule has 0 radical (unpaired) electrons. The molecule has 5 rings (SSSR count). The molecule has 1 saturated carbocycles. The van der Waals surface area contributed by atoms with Crippen LogP contribution in [-0.4, -0.2) is 65.1 Å². The van der Waals surface area contributed by atoms with Gasteiger partial charge in [-0.2, -0.15) is 0 Å². The van der Waals surface area contributed by atoms with Crippen molar-refractivity contribution in [2.45, 2.75) is 62.7 Å². The fourth-order valence-corrected chi connectivity index (χ4v) is 5.44. The molecule has 4 heterocycles. The van der Waals surface area contributed by atoms with E-state index >= 15 is 0 Å². The summed E-state index contributed by atoms with van der Waals surface area (Å²) in [6, 6.07) is 5.14. The molecule has 0 bridgehead atoms. The van der Waals surface area contributed by atoms with E-state index in [1.165, 1.54) is 25.0 Å². The Bertz CT molecular complexity index is 686. The van der Waals surface area contributed by atoms with Crippen LogP contribution < -0.4 is 11.1 Å². The van der Waals surface area contributed by atoms with E-state index in [1.807, 2.05) is 0 Å². The molecule has 1 aromatic rings. The summed E-state index contributed by atoms with van der Waals surface area (Å²) in [6.45, 7) is 5.81. The Labute approximate surface area is 155 Å². The smallest absolute Gasteiger partial charge is 0.270 e. The Morgan fingerprint density at radius 3 is 2.65 bits per heavy atom. The van der Waals surface area contributed by atoms with Crippen LogP contribution in [-0.2, 0) is 12.1 Å². The number of nitrogens with zero attached hydrogens (tertiary/aromatic N) is 3. The van der Waals surface area contributed by atoms with E-state index < -0.39 is 0 Å². The van der Waals surface area contributed by atoms with Gasteiger partial charge in [-0.3, -0.25) is 9.69 Å². The van der Waals surface area contributed by atoms with Crippen molar-refractivity contribution in [3.63, 3.8) is 0 Å². The lowest BCUT2D eigenvalue weighted by atomic mass is 9.73. The van der Waals surface area contributed by atoms with Gasteiger partial charge in [-0.15, -0.1) is 0 Å². The first-order chi connectivity index (χ1) is 12.7. The zero-order chi connectivity index (χ0) is 17.7. The molecule has 1 atom stereocenters. The second-order valence-corrected chi connectivity index (χ2v) is 8.68. The monoisotopic (exact) mass is 357 g/mol. The third kappa shape index (κ3) is 2.62. The average molecular weight is 358 g/mol. The van der Waals surface area contributed by atoms with Crippen molar-refractivity contribution >= 4 is 5.91 Å². The fraction of sp³-hybridized carbons (Fsp3) is 0.750. The van der Waals surface area contributed by atoms with Crippen LogP contribution >= 0.6 is 0 Å². The quantitative estimate of drug-likeness (QED) is 0.832. The van der Waals surface area contributed by atoms with Gasteiger partial charge in [0.2, 0.25) is 0 Å². The molecule has 1 amide bonds. The van der Waals surface area contributed by atoms with Gasteiger partial charge in [0.25, 0.3) is 5.91 Å². The summed E-state index contributed by atoms with van der Waals surface area (Å²) in [5.74, 6) is 0.226. The number of hydrogen-bond donors (Lipinski definition) is 2. The second-order valence-electron chi connectivity index (χ2n) is 8.68. The molecule has 0 aromatic carbocycles. The van der Waals surface area contributed by atoms with Crippen molar-refractivity contribution in [3.05, 3.63) is 23.5 Å². The number of rotatable bonds is 2. The fourth-order valence-electron chi connectivity index (χ4n) is 5.44. The van der Waals surface area contributed by atoms with E-state index in [0.29, 0.717) is 12.1 Å². The molecule has 4 aliphatic rings. The van der Waals surface area contributed by atoms with Gasteiger partial charge in [0.15, 0.2) is 0 Å². The van der Waals surface area contributed by atoms with E-state index in [1.54, 1.807) is 0 Å². The van der Waals surface area contributed by atoms with Gasteiger partial charge in [0.05, 0.1) is 5.54 Å². The standard InChI is InChI=1S/C20H31N5O/c21-15-4-10-23(11-5-15)16-6-12-24(14-16)19(26)17-2-3-18-20(7-1-8-20)22-9-13-25(17)18/h2-3,15-16,22H,1,4-14,21H2. The summed E-state index contributed by atoms with van der Waals surface area (Å²) in [7, 11) is 0. The van der Waals surface area contributed by atoms with Gasteiger partial charge < -0.3 is 20.5 Å². The number of fused-ring (bicyclic) bond motifs is 2. The Hall–Kier alpha value is -1.37. The minimum atomic E-state index is 0.150. The molecule has 6 nitrogen and oxygen atoms in total. The summed E-state index contributed by atoms with van der Waals surface area (Å²) in [6.07, 6.45) is 6.97. The van der Waals surface area contributed by atoms with E-state index in [-0.39, 0.29) is 11.4 Å². The van der Waals surface area contributed by atoms with Crippen LogP contribution in [0.5, 0.6) is 0 Å². The molecule has 3 fully saturated rings. The van der Waals surface area contributed by atoms with Gasteiger partial charge >= 0.3 is 0 Å². The Morgan fingerprint density at radius 1 is 1.12 bits per heavy atom. The minimum Gasteiger partial charge on any atom is -0.338 e. The van der Waals surface area contributed by atoms with Crippen LogP contribution in [0.4, 0.5) is 0 Å². The zero-order valence-corrected chi connectivity index (χ0v) is 15.6. The topological polar surface area (TPSA) is 66.5 Å². The van der Waals surface area contributed by atoms with E-state index in [9.17, 15) is 4.79 Å². The molecular weight excluding hydrogens is 326 g/mol. The summed E-state index contributed by atoms with van der Waals surface area (Å²) >= 11 is 0. The SMILES string of the molecule is NC1CCN(C2CCN(C(=O)c3ccc4n3CCNC43CCC3)C2)CC1. The Balaban J connectivity index is 1.29. The largest absolute Gasteiger partial charge is 0.338 e. The highest BCUT2D eigenvalue weighted by Gasteiger charge is 2.43. The Kier molecular flexibility index (Phi) is 4.10. The molecule has 1 aliphatic carbocycles. The maximum atomic E-state index is 13.2. The van der Waals surface area contributed by atoms with Crippen molar-refractivity contribution in [1.82, 2.24) is 19.7 Å². The molecule has 142 valence electrons. The lowest BCUT2D eigenvalue weighted by Crippen LogP contribution is -2.54. The van der Waals surface area contributed by atoms with Crippen LogP contribution in [0.2, 0.25) is 0 Å². The van der Waals surface area contributed by atoms with Crippen molar-refractivity contribution in [1.29, 1.82) is 0 Å². The van der Waals surface area contributed by atoms with Gasteiger partial charge in [0.1, 0.15) is 5.69 Å². The van der Waals surface area contributed by atoms with Crippen molar-refractivity contribution in [2.24, 2.45) is 5.73 Å². The number of aromatic nitrogens is 1. The first-order valence-corrected chi connectivity index (χ1v) is 10.4. The first kappa shape index (κ1) is 16.8. The number of hydrogen-bond acceptors (Lipinski definition) is 4. The number of piperidine rings is 1. The summed E-state index contributed by atoms with van der Waals surface area (Å²) in [4.78, 5) is 17.9. The average Bonchev–Trinajstić information content (AvgIpc) is 3.27. The number of likely N-dealkylation sites (tertiary alicyclic amines) is 2. The lowest BCUT2D eigenvalue weighted by Gasteiger charge is -2.46. The van der Waals surface area contributed by atoms with Crippen molar-refractivity contribution in [3.8, 4) is 0 Å². The summed E-state index contributed by atoms with van der Waals surface area (Å²) in [5.41, 5.74) is 8.42. The van der Waals surface area contributed by atoms with Gasteiger partial charge in [-0.25, -0.2) is 0 Å². The van der Waals surface area contributed by atoms with E-state index in [2.05, 4.69) is 31.8 Å². The van der Waals surface area contributed by atoms with E-state index in [0.717, 1.165) is 64.2 Å². The molecule has 26 heavy (non-hydrogen) atoms. The van der Waals surface area contributed by atoms with Gasteiger partial charge in [0, 0.05) is 44.0 Å². The second kappa shape index (κ2) is 6.36. The molecule has 2 saturated heterocycles. The summed E-state index contributed by atoms with van der Waals surface area (Å²) in [5, 5.41) is 3.70. The Morgan fingerprint density at radius 2 is 1.92 bits per heavy atom. The third-order valence-corrected chi connectivity index (χ3v) is 7.24. The normalized spacial score (nSPS) is 29.0. The maximum absolute atomic E-state index is 13.2. The number of nitrogens with two attached hydrogens (primary N) is 1. The molecule has 6 heteroatoms. The highest BCUT2D eigenvalue weighted by Crippen LogP contribution is 2.43. The molecule has 1 spiro atoms. The number of carbonyl (C=O) groups excluding carboxylic acids is 1. The highest BCUT2D eigenvalue weighted by atomic mass is 16.2. The lowest BCUT2D eigenvalue weighted by molar-refractivity contribution is 0.0752. The van der Waals surface area contributed by atoms with Gasteiger partial charge in [-0.1, -0.05) is 0 Å². The van der Waals surface area contributed by atoms with Crippen LogP contribution in [0.15, 0.2) is 12.1 Å². The number of carbonyl (C=O) groups is 1. The van der Waals surface area contributed by atoms with Crippen LogP contribution in [0.1, 0.15) is 54.7 Å². The molecule has 1 unspecified atom stereocenters. The number of nitrogens with one attached hydrogen (secondary N) is 1. The summed E-state index contributed by atoms with van der Waals surface area (Å²) < 4.78 is 2.30. The molecular formula is C20H31N5O. The minimum absolute atomic E-state index is 0.150. The van der Waals surface area contributed by atoms with Crippen molar-refractivity contribution < 1.29 is 4.79 Å². The highest BCUT2D eigenvalue weighted by molar-refractivity contribution is 5.93. The van der Waals surface area contributed by atoms with E-state index in [4.69, 9.17) is 5.73 Å². The third-order valence-electron chi connectivity index (χ3n) is 7.24. The van der Waals surface area contributed by atoms with Crippen molar-refractivity contribution in [2.75, 3.05) is 32.7 Å². The molecule has 3 aliphatic heterocycles. The van der Waals surface area contributed by atoms with Crippen LogP contribution in [0.25, 0.3) is 0 Å². The number of amides is 1. The van der Waals surface area contributed by atoms with Gasteiger partial charge in [-0.05, 0) is 63.7 Å². The van der Waals surface area contributed by atoms with Crippen LogP contribution in [0.3, 0.4) is 0 Å². The first-order valence-electron chi connectivity index (χ1n) is 10.4.